The largest absolute Gasteiger partial charge is 0.493 e. The molecule has 0 amide bonds. The van der Waals surface area contributed by atoms with Gasteiger partial charge in [-0.25, -0.2) is 0 Å². The molecule has 18 heavy (non-hydrogen) atoms. The molecule has 3 nitrogen and oxygen atoms in total. The molecule has 1 atom stereocenters. The number of carbonyl (C=O) groups is 1. The Morgan fingerprint density at radius 2 is 1.89 bits per heavy atom. The lowest BCUT2D eigenvalue weighted by Gasteiger charge is -2.16. The maximum Gasteiger partial charge on any atom is 0.160 e. The smallest absolute Gasteiger partial charge is 0.160 e. The molecule has 0 aliphatic heterocycles. The summed E-state index contributed by atoms with van der Waals surface area (Å²) in [5.41, 5.74) is 1.18. The fourth-order valence-corrected chi connectivity index (χ4v) is 2.58. The van der Waals surface area contributed by atoms with E-state index in [-0.39, 0.29) is 0 Å². The molecule has 1 aromatic carbocycles. The fourth-order valence-electron chi connectivity index (χ4n) is 2.58. The first-order valence-corrected chi connectivity index (χ1v) is 6.48. The Kier molecular flexibility index (Phi) is 4.24. The Balaban J connectivity index is 2.23. The molecule has 1 fully saturated rings. The average molecular weight is 248 g/mol. The number of ketones is 1. The maximum atomic E-state index is 11.7. The molecule has 0 saturated heterocycles. The minimum atomic E-state index is 0.333. The van der Waals surface area contributed by atoms with Crippen molar-refractivity contribution in [2.75, 3.05) is 14.2 Å². The highest BCUT2D eigenvalue weighted by Crippen LogP contribution is 2.35. The molecule has 1 aliphatic rings. The van der Waals surface area contributed by atoms with Gasteiger partial charge in [-0.05, 0) is 36.5 Å². The van der Waals surface area contributed by atoms with Gasteiger partial charge in [-0.3, -0.25) is 4.79 Å². The summed E-state index contributed by atoms with van der Waals surface area (Å²) in [6.07, 6.45) is 4.65. The molecule has 1 aromatic rings. The van der Waals surface area contributed by atoms with E-state index in [2.05, 4.69) is 0 Å². The maximum absolute atomic E-state index is 11.7. The van der Waals surface area contributed by atoms with Crippen LogP contribution in [0.2, 0.25) is 0 Å². The van der Waals surface area contributed by atoms with Crippen LogP contribution in [0, 0.1) is 0 Å². The second-order valence-corrected chi connectivity index (χ2v) is 4.80. The van der Waals surface area contributed by atoms with Crippen molar-refractivity contribution in [3.8, 4) is 11.5 Å². The van der Waals surface area contributed by atoms with Crippen LogP contribution in [0.4, 0.5) is 0 Å². The Bertz CT molecular complexity index is 426. The standard InChI is InChI=1S/C15H20O3/c1-17-14-8-7-12(10-15(14)18-2)11-5-3-4-6-13(16)9-11/h7-8,10-11H,3-6,9H2,1-2H3. The van der Waals surface area contributed by atoms with Gasteiger partial charge in [-0.15, -0.1) is 0 Å². The number of hydrogen-bond donors (Lipinski definition) is 0. The number of hydrogen-bond acceptors (Lipinski definition) is 3. The van der Waals surface area contributed by atoms with Crippen molar-refractivity contribution in [3.05, 3.63) is 23.8 Å². The lowest BCUT2D eigenvalue weighted by Crippen LogP contribution is -2.04. The van der Waals surface area contributed by atoms with Crippen molar-refractivity contribution in [1.82, 2.24) is 0 Å². The molecule has 1 saturated carbocycles. The van der Waals surface area contributed by atoms with E-state index in [1.165, 1.54) is 5.56 Å². The SMILES string of the molecule is COc1ccc(C2CCCCC(=O)C2)cc1OC. The van der Waals surface area contributed by atoms with Crippen molar-refractivity contribution < 1.29 is 14.3 Å². The predicted molar refractivity (Wildman–Crippen MR) is 70.4 cm³/mol. The Morgan fingerprint density at radius 3 is 2.61 bits per heavy atom. The van der Waals surface area contributed by atoms with E-state index in [0.717, 1.165) is 37.2 Å². The first-order chi connectivity index (χ1) is 8.74. The van der Waals surface area contributed by atoms with Crippen LogP contribution < -0.4 is 9.47 Å². The zero-order chi connectivity index (χ0) is 13.0. The van der Waals surface area contributed by atoms with Gasteiger partial charge >= 0.3 is 0 Å². The van der Waals surface area contributed by atoms with E-state index in [0.29, 0.717) is 18.1 Å². The van der Waals surface area contributed by atoms with Crippen LogP contribution in [0.5, 0.6) is 11.5 Å². The molecular weight excluding hydrogens is 228 g/mol. The van der Waals surface area contributed by atoms with E-state index in [1.807, 2.05) is 18.2 Å². The van der Waals surface area contributed by atoms with Gasteiger partial charge in [0, 0.05) is 12.8 Å². The summed E-state index contributed by atoms with van der Waals surface area (Å²) in [4.78, 5) is 11.7. The lowest BCUT2D eigenvalue weighted by atomic mass is 9.91. The van der Waals surface area contributed by atoms with Gasteiger partial charge in [0.05, 0.1) is 14.2 Å². The topological polar surface area (TPSA) is 35.5 Å². The summed E-state index contributed by atoms with van der Waals surface area (Å²) in [6, 6.07) is 5.97. The Morgan fingerprint density at radius 1 is 1.11 bits per heavy atom. The van der Waals surface area contributed by atoms with Crippen molar-refractivity contribution in [1.29, 1.82) is 0 Å². The van der Waals surface area contributed by atoms with E-state index in [4.69, 9.17) is 9.47 Å². The van der Waals surface area contributed by atoms with Crippen LogP contribution >= 0.6 is 0 Å². The minimum Gasteiger partial charge on any atom is -0.493 e. The van der Waals surface area contributed by atoms with Gasteiger partial charge < -0.3 is 9.47 Å². The van der Waals surface area contributed by atoms with E-state index in [1.54, 1.807) is 14.2 Å². The summed E-state index contributed by atoms with van der Waals surface area (Å²) >= 11 is 0. The summed E-state index contributed by atoms with van der Waals surface area (Å²) in [5, 5.41) is 0. The van der Waals surface area contributed by atoms with E-state index < -0.39 is 0 Å². The molecule has 0 N–H and O–H groups in total. The predicted octanol–water partition coefficient (Wildman–Crippen LogP) is 3.32. The normalized spacial score (nSPS) is 20.3. The van der Waals surface area contributed by atoms with Crippen LogP contribution in [0.25, 0.3) is 0 Å². The third-order valence-corrected chi connectivity index (χ3v) is 3.61. The number of rotatable bonds is 3. The number of ether oxygens (including phenoxy) is 2. The van der Waals surface area contributed by atoms with Gasteiger partial charge in [0.2, 0.25) is 0 Å². The molecule has 0 spiro atoms. The highest BCUT2D eigenvalue weighted by atomic mass is 16.5. The molecule has 0 radical (unpaired) electrons. The zero-order valence-electron chi connectivity index (χ0n) is 11.1. The molecule has 98 valence electrons. The highest BCUT2D eigenvalue weighted by Gasteiger charge is 2.20. The number of methoxy groups -OCH3 is 2. The quantitative estimate of drug-likeness (QED) is 0.770. The van der Waals surface area contributed by atoms with Gasteiger partial charge in [-0.1, -0.05) is 12.5 Å². The van der Waals surface area contributed by atoms with Gasteiger partial charge in [-0.2, -0.15) is 0 Å². The lowest BCUT2D eigenvalue weighted by molar-refractivity contribution is -0.119. The van der Waals surface area contributed by atoms with Gasteiger partial charge in [0.25, 0.3) is 0 Å². The monoisotopic (exact) mass is 248 g/mol. The molecule has 0 bridgehead atoms. The highest BCUT2D eigenvalue weighted by molar-refractivity contribution is 5.79. The Hall–Kier alpha value is -1.51. The number of carbonyl (C=O) groups excluding carboxylic acids is 1. The van der Waals surface area contributed by atoms with Crippen LogP contribution in [0.1, 0.15) is 43.6 Å². The van der Waals surface area contributed by atoms with Crippen molar-refractivity contribution >= 4 is 5.78 Å². The van der Waals surface area contributed by atoms with Crippen molar-refractivity contribution in [3.63, 3.8) is 0 Å². The summed E-state index contributed by atoms with van der Waals surface area (Å²) in [5.74, 6) is 2.19. The first-order valence-electron chi connectivity index (χ1n) is 6.48. The molecule has 0 heterocycles. The average Bonchev–Trinajstić information content (AvgIpc) is 2.62. The van der Waals surface area contributed by atoms with Crippen LogP contribution in [0.3, 0.4) is 0 Å². The van der Waals surface area contributed by atoms with E-state index >= 15 is 0 Å². The summed E-state index contributed by atoms with van der Waals surface area (Å²) in [7, 11) is 3.27. The number of benzene rings is 1. The summed E-state index contributed by atoms with van der Waals surface area (Å²) in [6.45, 7) is 0. The molecule has 1 unspecified atom stereocenters. The minimum absolute atomic E-state index is 0.333. The van der Waals surface area contributed by atoms with Crippen LogP contribution in [0.15, 0.2) is 18.2 Å². The Labute approximate surface area is 108 Å². The molecule has 2 rings (SSSR count). The second kappa shape index (κ2) is 5.89. The van der Waals surface area contributed by atoms with Crippen LogP contribution in [-0.2, 0) is 4.79 Å². The third kappa shape index (κ3) is 2.84. The third-order valence-electron chi connectivity index (χ3n) is 3.61. The second-order valence-electron chi connectivity index (χ2n) is 4.80. The molecular formula is C15H20O3. The zero-order valence-corrected chi connectivity index (χ0v) is 11.1. The molecule has 3 heteroatoms. The fraction of sp³-hybridized carbons (Fsp3) is 0.533. The van der Waals surface area contributed by atoms with Gasteiger partial charge in [0.15, 0.2) is 11.5 Å². The first kappa shape index (κ1) is 12.9. The van der Waals surface area contributed by atoms with E-state index in [9.17, 15) is 4.79 Å². The number of Topliss-reactive ketones (excluding diaryl/α,β-unsaturated/α-hetero) is 1. The molecule has 1 aliphatic carbocycles. The molecule has 0 aromatic heterocycles. The van der Waals surface area contributed by atoms with Crippen molar-refractivity contribution in [2.45, 2.75) is 38.0 Å². The summed E-state index contributed by atoms with van der Waals surface area (Å²) < 4.78 is 10.5. The van der Waals surface area contributed by atoms with Crippen LogP contribution in [-0.4, -0.2) is 20.0 Å². The van der Waals surface area contributed by atoms with Gasteiger partial charge in [0.1, 0.15) is 5.78 Å². The van der Waals surface area contributed by atoms with Crippen molar-refractivity contribution in [2.24, 2.45) is 0 Å².